The molecule has 9 heteroatoms. The fourth-order valence-electron chi connectivity index (χ4n) is 6.65. The Morgan fingerprint density at radius 2 is 1.61 bits per heavy atom. The molecule has 0 heterocycles. The van der Waals surface area contributed by atoms with E-state index in [1.165, 1.54) is 0 Å². The Balaban J connectivity index is 1.27. The molecule has 5 rings (SSSR count). The van der Waals surface area contributed by atoms with Crippen LogP contribution >= 0.6 is 0 Å². The lowest BCUT2D eigenvalue weighted by Gasteiger charge is -2.57. The van der Waals surface area contributed by atoms with E-state index < -0.39 is 35.5 Å². The van der Waals surface area contributed by atoms with Crippen molar-refractivity contribution in [1.29, 1.82) is 0 Å². The second kappa shape index (κ2) is 9.47. The third-order valence-electron chi connectivity index (χ3n) is 7.98. The molecular formula is C24H34F2O7. The lowest BCUT2D eigenvalue weighted by atomic mass is 9.48. The Morgan fingerprint density at radius 3 is 2.21 bits per heavy atom. The summed E-state index contributed by atoms with van der Waals surface area (Å²) in [7, 11) is 0. The van der Waals surface area contributed by atoms with Crippen LogP contribution in [0.2, 0.25) is 0 Å². The summed E-state index contributed by atoms with van der Waals surface area (Å²) < 4.78 is 42.5. The summed E-state index contributed by atoms with van der Waals surface area (Å²) >= 11 is 0. The average molecular weight is 473 g/mol. The Bertz CT molecular complexity index is 742. The molecule has 1 N–H and O–H groups in total. The molecule has 33 heavy (non-hydrogen) atoms. The number of rotatable bonds is 8. The van der Waals surface area contributed by atoms with Gasteiger partial charge in [0, 0.05) is 6.92 Å². The molecule has 0 aromatic rings. The molecule has 7 nitrogen and oxygen atoms in total. The summed E-state index contributed by atoms with van der Waals surface area (Å²) in [6.07, 6.45) is 6.08. The van der Waals surface area contributed by atoms with E-state index in [0.717, 1.165) is 44.9 Å². The van der Waals surface area contributed by atoms with E-state index in [0.29, 0.717) is 26.2 Å². The fraction of sp³-hybridized carbons (Fsp3) is 0.875. The number of aliphatic hydroxyl groups is 1. The van der Waals surface area contributed by atoms with Crippen LogP contribution in [0.3, 0.4) is 0 Å². The number of alkyl halides is 2. The first kappa shape index (κ1) is 24.4. The molecule has 0 aromatic heterocycles. The van der Waals surface area contributed by atoms with Crippen molar-refractivity contribution in [2.75, 3.05) is 13.2 Å². The molecule has 0 amide bonds. The van der Waals surface area contributed by atoms with Crippen LogP contribution in [-0.4, -0.2) is 54.4 Å². The maximum Gasteiger partial charge on any atom is 0.376 e. The van der Waals surface area contributed by atoms with Gasteiger partial charge in [-0.05, 0) is 62.7 Å². The smallest absolute Gasteiger partial charge is 0.376 e. The van der Waals surface area contributed by atoms with Gasteiger partial charge in [-0.1, -0.05) is 19.3 Å². The molecule has 0 saturated heterocycles. The second-order valence-corrected chi connectivity index (χ2v) is 10.7. The van der Waals surface area contributed by atoms with Crippen molar-refractivity contribution in [3.8, 4) is 0 Å². The van der Waals surface area contributed by atoms with Crippen molar-refractivity contribution in [2.45, 2.75) is 89.3 Å². The first-order chi connectivity index (χ1) is 15.6. The summed E-state index contributed by atoms with van der Waals surface area (Å²) in [6, 6.07) is 0. The average Bonchev–Trinajstić information content (AvgIpc) is 2.77. The number of aliphatic hydroxyl groups excluding tert-OH is 1. The lowest BCUT2D eigenvalue weighted by Crippen LogP contribution is -2.58. The minimum Gasteiger partial charge on any atom is -0.463 e. The number of esters is 3. The predicted octanol–water partition coefficient (Wildman–Crippen LogP) is 3.41. The molecule has 0 aromatic carbocycles. The molecule has 0 aliphatic heterocycles. The van der Waals surface area contributed by atoms with Gasteiger partial charge in [-0.2, -0.15) is 8.78 Å². The Morgan fingerprint density at radius 1 is 1.00 bits per heavy atom. The molecular weight excluding hydrogens is 438 g/mol. The molecule has 4 bridgehead atoms. The zero-order chi connectivity index (χ0) is 23.8. The van der Waals surface area contributed by atoms with Gasteiger partial charge in [0.05, 0.1) is 11.3 Å². The van der Waals surface area contributed by atoms with E-state index in [4.69, 9.17) is 14.2 Å². The Kier molecular flexibility index (Phi) is 6.99. The molecule has 5 aliphatic carbocycles. The van der Waals surface area contributed by atoms with Crippen molar-refractivity contribution >= 4 is 17.9 Å². The SMILES string of the molecule is CC(F)(F)C(=O)OC1C2CC3CC1CC(C(=O)OCC(O)COC(=O)C1CCCCC1)(C3)C2. The van der Waals surface area contributed by atoms with Crippen LogP contribution in [0.25, 0.3) is 0 Å². The number of carbonyl (C=O) groups excluding carboxylic acids is 3. The van der Waals surface area contributed by atoms with Crippen molar-refractivity contribution in [3.05, 3.63) is 0 Å². The second-order valence-electron chi connectivity index (χ2n) is 10.7. The highest BCUT2D eigenvalue weighted by Gasteiger charge is 2.60. The zero-order valence-electron chi connectivity index (χ0n) is 19.1. The molecule has 3 atom stereocenters. The van der Waals surface area contributed by atoms with Gasteiger partial charge in [-0.25, -0.2) is 4.79 Å². The summed E-state index contributed by atoms with van der Waals surface area (Å²) in [5, 5.41) is 10.2. The maximum atomic E-state index is 13.3. The van der Waals surface area contributed by atoms with E-state index in [1.54, 1.807) is 0 Å². The molecule has 3 unspecified atom stereocenters. The number of carbonyl (C=O) groups is 3. The van der Waals surface area contributed by atoms with Crippen LogP contribution in [0, 0.1) is 29.1 Å². The van der Waals surface area contributed by atoms with Crippen LogP contribution in [0.5, 0.6) is 0 Å². The Labute approximate surface area is 192 Å². The van der Waals surface area contributed by atoms with Gasteiger partial charge in [0.2, 0.25) is 0 Å². The van der Waals surface area contributed by atoms with E-state index in [9.17, 15) is 28.3 Å². The van der Waals surface area contributed by atoms with E-state index >= 15 is 0 Å². The van der Waals surface area contributed by atoms with Gasteiger partial charge >= 0.3 is 23.8 Å². The van der Waals surface area contributed by atoms with Gasteiger partial charge < -0.3 is 19.3 Å². The van der Waals surface area contributed by atoms with Crippen molar-refractivity contribution in [1.82, 2.24) is 0 Å². The standard InChI is InChI=1S/C24H34F2O7/c1-23(25,26)21(29)33-19-16-7-14-8-17(19)11-24(9-14,10-16)22(30)32-13-18(27)12-31-20(28)15-5-3-2-4-6-15/h14-19,27H,2-13H2,1H3. The van der Waals surface area contributed by atoms with Crippen LogP contribution in [0.4, 0.5) is 8.78 Å². The van der Waals surface area contributed by atoms with Gasteiger partial charge in [-0.3, -0.25) is 9.59 Å². The summed E-state index contributed by atoms with van der Waals surface area (Å²) in [5.41, 5.74) is -0.730. The molecule has 5 aliphatic rings. The predicted molar refractivity (Wildman–Crippen MR) is 111 cm³/mol. The third kappa shape index (κ3) is 5.33. The fourth-order valence-corrected chi connectivity index (χ4v) is 6.65. The number of hydrogen-bond donors (Lipinski definition) is 1. The van der Waals surface area contributed by atoms with E-state index in [-0.39, 0.29) is 42.9 Å². The molecule has 0 radical (unpaired) electrons. The van der Waals surface area contributed by atoms with Crippen LogP contribution in [0.1, 0.15) is 71.1 Å². The lowest BCUT2D eigenvalue weighted by molar-refractivity contribution is -0.208. The maximum absolute atomic E-state index is 13.3. The van der Waals surface area contributed by atoms with Gasteiger partial charge in [0.15, 0.2) is 0 Å². The van der Waals surface area contributed by atoms with Crippen LogP contribution in [-0.2, 0) is 28.6 Å². The first-order valence-corrected chi connectivity index (χ1v) is 12.2. The Hall–Kier alpha value is -1.77. The quantitative estimate of drug-likeness (QED) is 0.427. The van der Waals surface area contributed by atoms with Crippen molar-refractivity contribution in [3.63, 3.8) is 0 Å². The minimum absolute atomic E-state index is 0.116. The summed E-state index contributed by atoms with van der Waals surface area (Å²) in [5.74, 6) is -5.90. The molecule has 5 fully saturated rings. The van der Waals surface area contributed by atoms with E-state index in [2.05, 4.69) is 0 Å². The highest BCUT2D eigenvalue weighted by molar-refractivity contribution is 5.78. The highest BCUT2D eigenvalue weighted by Crippen LogP contribution is 2.61. The minimum atomic E-state index is -3.54. The molecule has 0 spiro atoms. The largest absolute Gasteiger partial charge is 0.463 e. The monoisotopic (exact) mass is 472 g/mol. The normalized spacial score (nSPS) is 34.5. The van der Waals surface area contributed by atoms with Crippen LogP contribution < -0.4 is 0 Å². The van der Waals surface area contributed by atoms with E-state index in [1.807, 2.05) is 0 Å². The number of halogens is 2. The van der Waals surface area contributed by atoms with Crippen molar-refractivity contribution < 1.29 is 42.5 Å². The van der Waals surface area contributed by atoms with Gasteiger partial charge in [0.25, 0.3) is 0 Å². The number of hydrogen-bond acceptors (Lipinski definition) is 7. The molecule has 5 saturated carbocycles. The summed E-state index contributed by atoms with van der Waals surface area (Å²) in [6.45, 7) is 0.0494. The van der Waals surface area contributed by atoms with Crippen LogP contribution in [0.15, 0.2) is 0 Å². The summed E-state index contributed by atoms with van der Waals surface area (Å²) in [4.78, 5) is 36.9. The third-order valence-corrected chi connectivity index (χ3v) is 7.98. The number of ether oxygens (including phenoxy) is 3. The first-order valence-electron chi connectivity index (χ1n) is 12.2. The van der Waals surface area contributed by atoms with Gasteiger partial charge in [0.1, 0.15) is 25.4 Å². The van der Waals surface area contributed by atoms with Gasteiger partial charge in [-0.15, -0.1) is 0 Å². The molecule has 186 valence electrons. The zero-order valence-corrected chi connectivity index (χ0v) is 19.1. The topological polar surface area (TPSA) is 99.1 Å². The van der Waals surface area contributed by atoms with Crippen molar-refractivity contribution in [2.24, 2.45) is 29.1 Å². The highest BCUT2D eigenvalue weighted by atomic mass is 19.3.